The van der Waals surface area contributed by atoms with Crippen molar-refractivity contribution in [3.63, 3.8) is 0 Å². The van der Waals surface area contributed by atoms with Gasteiger partial charge in [-0.15, -0.1) is 0 Å². The first-order valence-corrected chi connectivity index (χ1v) is 5.59. The van der Waals surface area contributed by atoms with Crippen LogP contribution in [-0.2, 0) is 11.3 Å². The zero-order valence-corrected chi connectivity index (χ0v) is 9.81. The molecule has 0 unspecified atom stereocenters. The number of aliphatic hydroxyl groups is 1. The lowest BCUT2D eigenvalue weighted by Gasteiger charge is -2.05. The lowest BCUT2D eigenvalue weighted by atomic mass is 10.2. The van der Waals surface area contributed by atoms with Crippen LogP contribution in [0.4, 0.5) is 0 Å². The van der Waals surface area contributed by atoms with Crippen LogP contribution >= 0.6 is 0 Å². The van der Waals surface area contributed by atoms with E-state index in [9.17, 15) is 0 Å². The maximum atomic E-state index is 9.02. The first kappa shape index (κ1) is 12.0. The Labute approximate surface area is 99.8 Å². The molecule has 2 rings (SSSR count). The van der Waals surface area contributed by atoms with E-state index in [2.05, 4.69) is 0 Å². The van der Waals surface area contributed by atoms with Crippen LogP contribution in [0.5, 0.6) is 5.75 Å². The van der Waals surface area contributed by atoms with Crippen LogP contribution in [0.15, 0.2) is 28.7 Å². The summed E-state index contributed by atoms with van der Waals surface area (Å²) in [6, 6.07) is 7.52. The highest BCUT2D eigenvalue weighted by Crippen LogP contribution is 2.28. The number of hydrogen-bond donors (Lipinski definition) is 1. The third kappa shape index (κ3) is 2.78. The van der Waals surface area contributed by atoms with E-state index in [1.165, 1.54) is 0 Å². The average Bonchev–Trinajstić information content (AvgIpc) is 2.78. The summed E-state index contributed by atoms with van der Waals surface area (Å²) in [5, 5.41) is 9.97. The molecule has 0 aliphatic heterocycles. The molecule has 2 aromatic rings. The average molecular weight is 236 g/mol. The van der Waals surface area contributed by atoms with Crippen molar-refractivity contribution >= 4 is 11.0 Å². The Morgan fingerprint density at radius 2 is 2.18 bits per heavy atom. The number of fused-ring (bicyclic) bond motifs is 1. The molecule has 4 heteroatoms. The topological polar surface area (TPSA) is 51.8 Å². The number of hydrogen-bond acceptors (Lipinski definition) is 4. The smallest absolute Gasteiger partial charge is 0.176 e. The molecule has 1 heterocycles. The van der Waals surface area contributed by atoms with E-state index in [1.807, 2.05) is 24.3 Å². The second kappa shape index (κ2) is 5.70. The normalized spacial score (nSPS) is 10.9. The van der Waals surface area contributed by atoms with Crippen LogP contribution in [-0.4, -0.2) is 25.4 Å². The summed E-state index contributed by atoms with van der Waals surface area (Å²) < 4.78 is 16.1. The number of benzene rings is 1. The Hall–Kier alpha value is -1.52. The van der Waals surface area contributed by atoms with Gasteiger partial charge in [0.1, 0.15) is 12.4 Å². The van der Waals surface area contributed by atoms with Gasteiger partial charge in [0.2, 0.25) is 0 Å². The molecular formula is C13H16O4. The first-order valence-electron chi connectivity index (χ1n) is 5.59. The van der Waals surface area contributed by atoms with Crippen molar-refractivity contribution in [3.05, 3.63) is 30.0 Å². The van der Waals surface area contributed by atoms with Crippen LogP contribution in [0.3, 0.4) is 0 Å². The SMILES string of the molecule is COCCCOc1cccc2cc(CO)oc12. The summed E-state index contributed by atoms with van der Waals surface area (Å²) in [4.78, 5) is 0. The molecule has 0 saturated heterocycles. The Morgan fingerprint density at radius 3 is 2.94 bits per heavy atom. The molecule has 0 bridgehead atoms. The lowest BCUT2D eigenvalue weighted by Crippen LogP contribution is -2.01. The second-order valence-corrected chi connectivity index (χ2v) is 3.74. The monoisotopic (exact) mass is 236 g/mol. The van der Waals surface area contributed by atoms with Crippen molar-refractivity contribution in [1.29, 1.82) is 0 Å². The molecule has 0 aliphatic rings. The molecule has 0 aliphatic carbocycles. The molecule has 1 aromatic carbocycles. The summed E-state index contributed by atoms with van der Waals surface area (Å²) >= 11 is 0. The molecule has 1 N–H and O–H groups in total. The first-order chi connectivity index (χ1) is 8.35. The molecule has 0 fully saturated rings. The fourth-order valence-corrected chi connectivity index (χ4v) is 1.67. The zero-order chi connectivity index (χ0) is 12.1. The third-order valence-electron chi connectivity index (χ3n) is 2.47. The van der Waals surface area contributed by atoms with Gasteiger partial charge in [0.25, 0.3) is 0 Å². The number of ether oxygens (including phenoxy) is 2. The maximum absolute atomic E-state index is 9.02. The van der Waals surface area contributed by atoms with Crippen LogP contribution < -0.4 is 4.74 Å². The van der Waals surface area contributed by atoms with E-state index in [4.69, 9.17) is 19.0 Å². The van der Waals surface area contributed by atoms with E-state index in [0.717, 1.165) is 11.8 Å². The van der Waals surface area contributed by atoms with Crippen LogP contribution in [0.1, 0.15) is 12.2 Å². The van der Waals surface area contributed by atoms with Crippen molar-refractivity contribution in [2.75, 3.05) is 20.3 Å². The van der Waals surface area contributed by atoms with Gasteiger partial charge in [-0.2, -0.15) is 0 Å². The Balaban J connectivity index is 2.13. The molecule has 0 amide bonds. The van der Waals surface area contributed by atoms with E-state index >= 15 is 0 Å². The predicted molar refractivity (Wildman–Crippen MR) is 64.1 cm³/mol. The van der Waals surface area contributed by atoms with Gasteiger partial charge < -0.3 is 19.0 Å². The maximum Gasteiger partial charge on any atom is 0.176 e. The lowest BCUT2D eigenvalue weighted by molar-refractivity contribution is 0.172. The summed E-state index contributed by atoms with van der Waals surface area (Å²) in [6.07, 6.45) is 0.834. The van der Waals surface area contributed by atoms with Crippen molar-refractivity contribution in [3.8, 4) is 5.75 Å². The fraction of sp³-hybridized carbons (Fsp3) is 0.385. The molecule has 1 aromatic heterocycles. The van der Waals surface area contributed by atoms with Crippen molar-refractivity contribution < 1.29 is 19.0 Å². The molecule has 17 heavy (non-hydrogen) atoms. The van der Waals surface area contributed by atoms with Crippen molar-refractivity contribution in [2.24, 2.45) is 0 Å². The predicted octanol–water partition coefficient (Wildman–Crippen LogP) is 2.34. The van der Waals surface area contributed by atoms with Crippen molar-refractivity contribution in [2.45, 2.75) is 13.0 Å². The molecular weight excluding hydrogens is 220 g/mol. The number of rotatable bonds is 6. The number of furan rings is 1. The Kier molecular flexibility index (Phi) is 4.01. The molecule has 0 atom stereocenters. The molecule has 4 nitrogen and oxygen atoms in total. The third-order valence-corrected chi connectivity index (χ3v) is 2.47. The summed E-state index contributed by atoms with van der Waals surface area (Å²) in [7, 11) is 1.67. The van der Waals surface area contributed by atoms with Gasteiger partial charge in [-0.05, 0) is 12.1 Å². The molecule has 0 saturated carbocycles. The van der Waals surface area contributed by atoms with E-state index < -0.39 is 0 Å². The van der Waals surface area contributed by atoms with Crippen LogP contribution in [0.2, 0.25) is 0 Å². The summed E-state index contributed by atoms with van der Waals surface area (Å²) in [5.41, 5.74) is 0.689. The molecule has 92 valence electrons. The Morgan fingerprint density at radius 1 is 1.29 bits per heavy atom. The largest absolute Gasteiger partial charge is 0.490 e. The van der Waals surface area contributed by atoms with E-state index in [0.29, 0.717) is 30.3 Å². The summed E-state index contributed by atoms with van der Waals surface area (Å²) in [6.45, 7) is 1.16. The van der Waals surface area contributed by atoms with Gasteiger partial charge in [0.15, 0.2) is 11.3 Å². The molecule has 0 spiro atoms. The highest BCUT2D eigenvalue weighted by atomic mass is 16.5. The zero-order valence-electron chi connectivity index (χ0n) is 9.81. The van der Waals surface area contributed by atoms with Gasteiger partial charge >= 0.3 is 0 Å². The second-order valence-electron chi connectivity index (χ2n) is 3.74. The highest BCUT2D eigenvalue weighted by molar-refractivity contribution is 5.83. The standard InChI is InChI=1S/C13H16O4/c1-15-6-3-7-16-12-5-2-4-10-8-11(9-14)17-13(10)12/h2,4-5,8,14H,3,6-7,9H2,1H3. The van der Waals surface area contributed by atoms with Crippen LogP contribution in [0.25, 0.3) is 11.0 Å². The minimum Gasteiger partial charge on any atom is -0.490 e. The number of aliphatic hydroxyl groups excluding tert-OH is 1. The number of methoxy groups -OCH3 is 1. The minimum atomic E-state index is -0.0994. The van der Waals surface area contributed by atoms with Gasteiger partial charge in [0.05, 0.1) is 6.61 Å². The van der Waals surface area contributed by atoms with Gasteiger partial charge in [-0.1, -0.05) is 12.1 Å². The summed E-state index contributed by atoms with van der Waals surface area (Å²) in [5.74, 6) is 1.26. The number of para-hydroxylation sites is 1. The van der Waals surface area contributed by atoms with Gasteiger partial charge in [-0.3, -0.25) is 0 Å². The fourth-order valence-electron chi connectivity index (χ4n) is 1.67. The minimum absolute atomic E-state index is 0.0994. The molecule has 0 radical (unpaired) electrons. The van der Waals surface area contributed by atoms with E-state index in [-0.39, 0.29) is 6.61 Å². The quantitative estimate of drug-likeness (QED) is 0.782. The van der Waals surface area contributed by atoms with Gasteiger partial charge in [0, 0.05) is 25.5 Å². The van der Waals surface area contributed by atoms with Crippen LogP contribution in [0, 0.1) is 0 Å². The van der Waals surface area contributed by atoms with Crippen molar-refractivity contribution in [1.82, 2.24) is 0 Å². The highest BCUT2D eigenvalue weighted by Gasteiger charge is 2.08. The van der Waals surface area contributed by atoms with E-state index in [1.54, 1.807) is 7.11 Å². The Bertz CT molecular complexity index is 475. The van der Waals surface area contributed by atoms with Gasteiger partial charge in [-0.25, -0.2) is 0 Å².